The van der Waals surface area contributed by atoms with E-state index in [1.807, 2.05) is 5.38 Å². The molecule has 0 aliphatic heterocycles. The largest absolute Gasteiger partial charge is 0.497 e. The zero-order valence-corrected chi connectivity index (χ0v) is 11.0. The predicted octanol–water partition coefficient (Wildman–Crippen LogP) is 3.53. The number of benzene rings is 1. The third kappa shape index (κ3) is 3.09. The number of nitrogens with two attached hydrogens (primary N) is 1. The van der Waals surface area contributed by atoms with Gasteiger partial charge >= 0.3 is 0 Å². The Morgan fingerprint density at radius 2 is 2.22 bits per heavy atom. The second-order valence-corrected chi connectivity index (χ2v) is 4.94. The Bertz CT molecular complexity index is 499. The van der Waals surface area contributed by atoms with Gasteiger partial charge in [-0.25, -0.2) is 4.39 Å². The van der Waals surface area contributed by atoms with Crippen molar-refractivity contribution in [1.29, 1.82) is 0 Å². The third-order valence-corrected chi connectivity index (χ3v) is 3.66. The highest BCUT2D eigenvalue weighted by Crippen LogP contribution is 2.23. The lowest BCUT2D eigenvalue weighted by molar-refractivity contribution is 0.410. The minimum Gasteiger partial charge on any atom is -0.497 e. The van der Waals surface area contributed by atoms with Gasteiger partial charge in [0.1, 0.15) is 11.6 Å². The Labute approximate surface area is 110 Å². The molecule has 1 aromatic carbocycles. The van der Waals surface area contributed by atoms with Crippen LogP contribution in [-0.4, -0.2) is 7.11 Å². The monoisotopic (exact) mass is 265 g/mol. The highest BCUT2D eigenvalue weighted by atomic mass is 32.1. The van der Waals surface area contributed by atoms with Gasteiger partial charge in [0.15, 0.2) is 0 Å². The first-order valence-electron chi connectivity index (χ1n) is 5.81. The number of ether oxygens (including phenoxy) is 1. The zero-order chi connectivity index (χ0) is 13.0. The SMILES string of the molecule is COc1ccc(C(N)CCc2ccsc2)c(F)c1. The summed E-state index contributed by atoms with van der Waals surface area (Å²) in [4.78, 5) is 0. The van der Waals surface area contributed by atoms with Crippen LogP contribution in [0.3, 0.4) is 0 Å². The van der Waals surface area contributed by atoms with Crippen molar-refractivity contribution in [2.45, 2.75) is 18.9 Å². The molecule has 0 aliphatic carbocycles. The lowest BCUT2D eigenvalue weighted by Gasteiger charge is -2.13. The molecule has 0 saturated heterocycles. The fourth-order valence-electron chi connectivity index (χ4n) is 1.85. The van der Waals surface area contributed by atoms with Gasteiger partial charge in [-0.05, 0) is 41.3 Å². The fourth-order valence-corrected chi connectivity index (χ4v) is 2.55. The Morgan fingerprint density at radius 1 is 1.39 bits per heavy atom. The second-order valence-electron chi connectivity index (χ2n) is 4.16. The summed E-state index contributed by atoms with van der Waals surface area (Å²) in [5.41, 5.74) is 7.83. The number of hydrogen-bond acceptors (Lipinski definition) is 3. The van der Waals surface area contributed by atoms with E-state index in [2.05, 4.69) is 11.4 Å². The highest BCUT2D eigenvalue weighted by Gasteiger charge is 2.12. The molecule has 2 rings (SSSR count). The van der Waals surface area contributed by atoms with Gasteiger partial charge in [0, 0.05) is 17.7 Å². The minimum atomic E-state index is -0.299. The molecule has 1 atom stereocenters. The standard InChI is InChI=1S/C14H16FNOS/c1-17-11-3-4-12(13(15)8-11)14(16)5-2-10-6-7-18-9-10/h3-4,6-9,14H,2,5,16H2,1H3. The van der Waals surface area contributed by atoms with Crippen molar-refractivity contribution in [2.24, 2.45) is 5.73 Å². The molecule has 2 nitrogen and oxygen atoms in total. The van der Waals surface area contributed by atoms with Crippen molar-refractivity contribution < 1.29 is 9.13 Å². The Kier molecular flexibility index (Phi) is 4.33. The van der Waals surface area contributed by atoms with Crippen LogP contribution in [0.2, 0.25) is 0 Å². The van der Waals surface area contributed by atoms with Crippen LogP contribution in [0.5, 0.6) is 5.75 Å². The first kappa shape index (κ1) is 13.1. The summed E-state index contributed by atoms with van der Waals surface area (Å²) in [5.74, 6) is 0.216. The minimum absolute atomic E-state index is 0.282. The van der Waals surface area contributed by atoms with Gasteiger partial charge in [-0.15, -0.1) is 0 Å². The quantitative estimate of drug-likeness (QED) is 0.897. The summed E-state index contributed by atoms with van der Waals surface area (Å²) >= 11 is 1.66. The Balaban J connectivity index is 2.02. The van der Waals surface area contributed by atoms with Crippen LogP contribution in [0.1, 0.15) is 23.6 Å². The number of halogens is 1. The van der Waals surface area contributed by atoms with E-state index >= 15 is 0 Å². The molecular formula is C14H16FNOS. The van der Waals surface area contributed by atoms with Crippen LogP contribution in [0.25, 0.3) is 0 Å². The Hall–Kier alpha value is -1.39. The molecular weight excluding hydrogens is 249 g/mol. The zero-order valence-electron chi connectivity index (χ0n) is 10.2. The van der Waals surface area contributed by atoms with Gasteiger partial charge in [-0.2, -0.15) is 11.3 Å². The average Bonchev–Trinajstić information content (AvgIpc) is 2.88. The van der Waals surface area contributed by atoms with Crippen LogP contribution in [-0.2, 0) is 6.42 Å². The molecule has 0 radical (unpaired) electrons. The van der Waals surface area contributed by atoms with E-state index in [4.69, 9.17) is 10.5 Å². The lowest BCUT2D eigenvalue weighted by atomic mass is 10.0. The third-order valence-electron chi connectivity index (χ3n) is 2.93. The first-order chi connectivity index (χ1) is 8.70. The Morgan fingerprint density at radius 3 is 2.83 bits per heavy atom. The van der Waals surface area contributed by atoms with Crippen LogP contribution in [0, 0.1) is 5.82 Å². The summed E-state index contributed by atoms with van der Waals surface area (Å²) in [5, 5.41) is 4.13. The number of rotatable bonds is 5. The normalized spacial score (nSPS) is 12.4. The van der Waals surface area contributed by atoms with E-state index in [0.717, 1.165) is 12.8 Å². The van der Waals surface area contributed by atoms with Gasteiger partial charge < -0.3 is 10.5 Å². The van der Waals surface area contributed by atoms with Crippen LogP contribution in [0.4, 0.5) is 4.39 Å². The van der Waals surface area contributed by atoms with Crippen LogP contribution in [0.15, 0.2) is 35.0 Å². The molecule has 1 heterocycles. The van der Waals surface area contributed by atoms with Gasteiger partial charge in [0.05, 0.1) is 7.11 Å². The van der Waals surface area contributed by atoms with Crippen molar-refractivity contribution in [3.8, 4) is 5.75 Å². The molecule has 0 aliphatic rings. The maximum absolute atomic E-state index is 13.8. The van der Waals surface area contributed by atoms with Gasteiger partial charge in [0.25, 0.3) is 0 Å². The maximum Gasteiger partial charge on any atom is 0.131 e. The summed E-state index contributed by atoms with van der Waals surface area (Å²) in [6.45, 7) is 0. The number of methoxy groups -OCH3 is 1. The van der Waals surface area contributed by atoms with E-state index in [-0.39, 0.29) is 11.9 Å². The lowest BCUT2D eigenvalue weighted by Crippen LogP contribution is -2.13. The van der Waals surface area contributed by atoms with Crippen molar-refractivity contribution in [3.05, 3.63) is 52.0 Å². The molecule has 1 aromatic heterocycles. The molecule has 0 spiro atoms. The highest BCUT2D eigenvalue weighted by molar-refractivity contribution is 7.07. The van der Waals surface area contributed by atoms with Crippen LogP contribution >= 0.6 is 11.3 Å². The van der Waals surface area contributed by atoms with Crippen molar-refractivity contribution in [2.75, 3.05) is 7.11 Å². The van der Waals surface area contributed by atoms with E-state index in [9.17, 15) is 4.39 Å². The maximum atomic E-state index is 13.8. The molecule has 18 heavy (non-hydrogen) atoms. The summed E-state index contributed by atoms with van der Waals surface area (Å²) < 4.78 is 18.8. The van der Waals surface area contributed by atoms with E-state index < -0.39 is 0 Å². The second kappa shape index (κ2) is 5.98. The van der Waals surface area contributed by atoms with E-state index in [1.165, 1.54) is 18.7 Å². The molecule has 0 saturated carbocycles. The number of aryl methyl sites for hydroxylation is 1. The molecule has 0 amide bonds. The summed E-state index contributed by atoms with van der Waals surface area (Å²) in [6.07, 6.45) is 1.61. The predicted molar refractivity (Wildman–Crippen MR) is 72.5 cm³/mol. The van der Waals surface area contributed by atoms with Gasteiger partial charge in [-0.3, -0.25) is 0 Å². The smallest absolute Gasteiger partial charge is 0.131 e. The molecule has 2 N–H and O–H groups in total. The van der Waals surface area contributed by atoms with E-state index in [0.29, 0.717) is 11.3 Å². The molecule has 96 valence electrons. The molecule has 2 aromatic rings. The first-order valence-corrected chi connectivity index (χ1v) is 6.75. The molecule has 1 unspecified atom stereocenters. The molecule has 4 heteroatoms. The average molecular weight is 265 g/mol. The van der Waals surface area contributed by atoms with Gasteiger partial charge in [-0.1, -0.05) is 6.07 Å². The fraction of sp³-hybridized carbons (Fsp3) is 0.286. The number of hydrogen-bond donors (Lipinski definition) is 1. The van der Waals surface area contributed by atoms with Gasteiger partial charge in [0.2, 0.25) is 0 Å². The topological polar surface area (TPSA) is 35.2 Å². The summed E-state index contributed by atoms with van der Waals surface area (Å²) in [6, 6.07) is 6.60. The van der Waals surface area contributed by atoms with Crippen LogP contribution < -0.4 is 10.5 Å². The van der Waals surface area contributed by atoms with Crippen molar-refractivity contribution in [1.82, 2.24) is 0 Å². The molecule has 0 fully saturated rings. The summed E-state index contributed by atoms with van der Waals surface area (Å²) in [7, 11) is 1.52. The number of thiophene rings is 1. The van der Waals surface area contributed by atoms with Crippen molar-refractivity contribution in [3.63, 3.8) is 0 Å². The van der Waals surface area contributed by atoms with E-state index in [1.54, 1.807) is 23.5 Å². The molecule has 0 bridgehead atoms. The van der Waals surface area contributed by atoms with Crippen molar-refractivity contribution >= 4 is 11.3 Å².